The van der Waals surface area contributed by atoms with Crippen molar-refractivity contribution >= 4 is 21.6 Å². The highest BCUT2D eigenvalue weighted by Crippen LogP contribution is 2.29. The molecule has 1 fully saturated rings. The first-order chi connectivity index (χ1) is 6.27. The van der Waals surface area contributed by atoms with E-state index in [0.29, 0.717) is 5.75 Å². The smallest absolute Gasteiger partial charge is 0.129 e. The Morgan fingerprint density at radius 2 is 1.92 bits per heavy atom. The number of anilines is 1. The van der Waals surface area contributed by atoms with Crippen molar-refractivity contribution in [3.8, 4) is 5.75 Å². The Morgan fingerprint density at radius 1 is 1.23 bits per heavy atom. The quantitative estimate of drug-likeness (QED) is 0.818. The lowest BCUT2D eigenvalue weighted by Gasteiger charge is -2.17. The van der Waals surface area contributed by atoms with Crippen LogP contribution in [0.3, 0.4) is 0 Å². The lowest BCUT2D eigenvalue weighted by Crippen LogP contribution is -2.17. The Hall–Kier alpha value is -0.700. The third-order valence-electron chi connectivity index (χ3n) is 2.40. The van der Waals surface area contributed by atoms with Crippen molar-refractivity contribution in [2.45, 2.75) is 12.8 Å². The molecule has 0 saturated carbocycles. The fourth-order valence-corrected chi connectivity index (χ4v) is 2.03. The van der Waals surface area contributed by atoms with Gasteiger partial charge in [-0.2, -0.15) is 0 Å². The zero-order valence-electron chi connectivity index (χ0n) is 7.33. The SMILES string of the molecule is Oc1ccc(N2CCCC2)cc1Br. The summed E-state index contributed by atoms with van der Waals surface area (Å²) in [4.78, 5) is 2.34. The molecule has 0 spiro atoms. The average molecular weight is 242 g/mol. The molecule has 1 N–H and O–H groups in total. The predicted molar refractivity (Wildman–Crippen MR) is 57.3 cm³/mol. The van der Waals surface area contributed by atoms with Crippen molar-refractivity contribution in [2.75, 3.05) is 18.0 Å². The monoisotopic (exact) mass is 241 g/mol. The number of phenolic OH excluding ortho intramolecular Hbond substituents is 1. The molecule has 70 valence electrons. The first kappa shape index (κ1) is 8.88. The second-order valence-corrected chi connectivity index (χ2v) is 4.18. The molecular weight excluding hydrogens is 230 g/mol. The molecule has 1 aliphatic rings. The molecule has 2 nitrogen and oxygen atoms in total. The topological polar surface area (TPSA) is 23.5 Å². The number of benzene rings is 1. The number of phenols is 1. The van der Waals surface area contributed by atoms with Gasteiger partial charge in [0.25, 0.3) is 0 Å². The van der Waals surface area contributed by atoms with E-state index >= 15 is 0 Å². The summed E-state index contributed by atoms with van der Waals surface area (Å²) in [5.74, 6) is 0.308. The second kappa shape index (κ2) is 3.58. The summed E-state index contributed by atoms with van der Waals surface area (Å²) in [5.41, 5.74) is 1.20. The van der Waals surface area contributed by atoms with Crippen LogP contribution in [0.1, 0.15) is 12.8 Å². The summed E-state index contributed by atoms with van der Waals surface area (Å²) in [7, 11) is 0. The maximum absolute atomic E-state index is 9.32. The van der Waals surface area contributed by atoms with Crippen LogP contribution in [0.2, 0.25) is 0 Å². The molecule has 3 heteroatoms. The lowest BCUT2D eigenvalue weighted by atomic mass is 10.3. The number of rotatable bonds is 1. The van der Waals surface area contributed by atoms with Crippen molar-refractivity contribution in [3.05, 3.63) is 22.7 Å². The standard InChI is InChI=1S/C10H12BrNO/c11-9-7-8(3-4-10(9)13)12-5-1-2-6-12/h3-4,7,13H,1-2,5-6H2. The first-order valence-electron chi connectivity index (χ1n) is 4.51. The van der Waals surface area contributed by atoms with Gasteiger partial charge in [-0.3, -0.25) is 0 Å². The van der Waals surface area contributed by atoms with Gasteiger partial charge in [-0.05, 0) is 47.0 Å². The van der Waals surface area contributed by atoms with Gasteiger partial charge in [0.1, 0.15) is 5.75 Å². The van der Waals surface area contributed by atoms with Gasteiger partial charge in [0.05, 0.1) is 4.47 Å². The van der Waals surface area contributed by atoms with E-state index in [0.717, 1.165) is 17.6 Å². The van der Waals surface area contributed by atoms with Crippen molar-refractivity contribution in [1.29, 1.82) is 0 Å². The summed E-state index contributed by atoms with van der Waals surface area (Å²) in [6.07, 6.45) is 2.55. The number of nitrogens with zero attached hydrogens (tertiary/aromatic N) is 1. The molecule has 1 aromatic rings. The van der Waals surface area contributed by atoms with E-state index in [2.05, 4.69) is 20.8 Å². The van der Waals surface area contributed by atoms with Gasteiger partial charge < -0.3 is 10.0 Å². The van der Waals surface area contributed by atoms with Gasteiger partial charge in [0.15, 0.2) is 0 Å². The number of halogens is 1. The first-order valence-corrected chi connectivity index (χ1v) is 5.30. The highest BCUT2D eigenvalue weighted by atomic mass is 79.9. The van der Waals surface area contributed by atoms with Crippen LogP contribution in [-0.2, 0) is 0 Å². The molecule has 0 bridgehead atoms. The Kier molecular flexibility index (Phi) is 2.44. The van der Waals surface area contributed by atoms with Gasteiger partial charge in [-0.15, -0.1) is 0 Å². The minimum atomic E-state index is 0.308. The van der Waals surface area contributed by atoms with Gasteiger partial charge in [0, 0.05) is 18.8 Å². The van der Waals surface area contributed by atoms with E-state index in [-0.39, 0.29) is 0 Å². The van der Waals surface area contributed by atoms with Crippen molar-refractivity contribution in [3.63, 3.8) is 0 Å². The second-order valence-electron chi connectivity index (χ2n) is 3.33. The zero-order valence-corrected chi connectivity index (χ0v) is 8.92. The number of hydrogen-bond acceptors (Lipinski definition) is 2. The highest BCUT2D eigenvalue weighted by molar-refractivity contribution is 9.10. The third-order valence-corrected chi connectivity index (χ3v) is 3.04. The normalized spacial score (nSPS) is 16.5. The molecule has 1 heterocycles. The fourth-order valence-electron chi connectivity index (χ4n) is 1.67. The Bertz CT molecular complexity index is 308. The predicted octanol–water partition coefficient (Wildman–Crippen LogP) is 2.75. The van der Waals surface area contributed by atoms with Gasteiger partial charge in [-0.25, -0.2) is 0 Å². The molecule has 13 heavy (non-hydrogen) atoms. The van der Waals surface area contributed by atoms with Crippen LogP contribution in [0.25, 0.3) is 0 Å². The number of hydrogen-bond donors (Lipinski definition) is 1. The minimum Gasteiger partial charge on any atom is -0.507 e. The molecule has 0 aliphatic carbocycles. The van der Waals surface area contributed by atoms with Crippen LogP contribution in [0.15, 0.2) is 22.7 Å². The van der Waals surface area contributed by atoms with Gasteiger partial charge in [-0.1, -0.05) is 0 Å². The third kappa shape index (κ3) is 1.80. The van der Waals surface area contributed by atoms with Crippen LogP contribution in [0, 0.1) is 0 Å². The molecule has 1 aromatic carbocycles. The summed E-state index contributed by atoms with van der Waals surface area (Å²) in [6.45, 7) is 2.27. The molecular formula is C10H12BrNO. The van der Waals surface area contributed by atoms with Crippen LogP contribution >= 0.6 is 15.9 Å². The summed E-state index contributed by atoms with van der Waals surface area (Å²) < 4.78 is 0.775. The van der Waals surface area contributed by atoms with E-state index in [1.807, 2.05) is 12.1 Å². The van der Waals surface area contributed by atoms with Crippen LogP contribution < -0.4 is 4.90 Å². The Labute approximate surface area is 86.3 Å². The van der Waals surface area contributed by atoms with Gasteiger partial charge in [0.2, 0.25) is 0 Å². The molecule has 0 atom stereocenters. The van der Waals surface area contributed by atoms with Crippen molar-refractivity contribution < 1.29 is 5.11 Å². The minimum absolute atomic E-state index is 0.308. The summed E-state index contributed by atoms with van der Waals surface area (Å²) >= 11 is 3.32. The molecule has 2 rings (SSSR count). The van der Waals surface area contributed by atoms with Crippen LogP contribution in [0.5, 0.6) is 5.75 Å². The van der Waals surface area contributed by atoms with Crippen LogP contribution in [0.4, 0.5) is 5.69 Å². The molecule has 1 saturated heterocycles. The Morgan fingerprint density at radius 3 is 2.54 bits per heavy atom. The summed E-state index contributed by atoms with van der Waals surface area (Å²) in [6, 6.07) is 5.67. The average Bonchev–Trinajstić information content (AvgIpc) is 2.62. The zero-order chi connectivity index (χ0) is 9.26. The van der Waals surface area contributed by atoms with Crippen molar-refractivity contribution in [1.82, 2.24) is 0 Å². The van der Waals surface area contributed by atoms with E-state index in [1.54, 1.807) is 6.07 Å². The van der Waals surface area contributed by atoms with Crippen molar-refractivity contribution in [2.24, 2.45) is 0 Å². The summed E-state index contributed by atoms with van der Waals surface area (Å²) in [5, 5.41) is 9.32. The highest BCUT2D eigenvalue weighted by Gasteiger charge is 2.12. The molecule has 0 amide bonds. The van der Waals surface area contributed by atoms with E-state index < -0.39 is 0 Å². The molecule has 0 unspecified atom stereocenters. The lowest BCUT2D eigenvalue weighted by molar-refractivity contribution is 0.472. The maximum atomic E-state index is 9.32. The molecule has 1 aliphatic heterocycles. The van der Waals surface area contributed by atoms with Gasteiger partial charge >= 0.3 is 0 Å². The molecule has 0 radical (unpaired) electrons. The maximum Gasteiger partial charge on any atom is 0.129 e. The number of aromatic hydroxyl groups is 1. The van der Waals surface area contributed by atoms with E-state index in [4.69, 9.17) is 0 Å². The molecule has 0 aromatic heterocycles. The Balaban J connectivity index is 2.25. The fraction of sp³-hybridized carbons (Fsp3) is 0.400. The van der Waals surface area contributed by atoms with E-state index in [1.165, 1.54) is 18.5 Å². The van der Waals surface area contributed by atoms with Crippen LogP contribution in [-0.4, -0.2) is 18.2 Å². The van der Waals surface area contributed by atoms with E-state index in [9.17, 15) is 5.11 Å². The largest absolute Gasteiger partial charge is 0.507 e.